The van der Waals surface area contributed by atoms with Crippen LogP contribution in [0.3, 0.4) is 0 Å². The van der Waals surface area contributed by atoms with Gasteiger partial charge in [0.15, 0.2) is 0 Å². The van der Waals surface area contributed by atoms with Crippen molar-refractivity contribution >= 4 is 16.9 Å². The Labute approximate surface area is 100 Å². The molecule has 0 saturated carbocycles. The minimum Gasteiger partial charge on any atom is -0.465 e. The van der Waals surface area contributed by atoms with E-state index in [1.54, 1.807) is 0 Å². The molecule has 0 radical (unpaired) electrons. The second-order valence-corrected chi connectivity index (χ2v) is 3.75. The number of fused-ring (bicyclic) bond motifs is 1. The molecule has 0 unspecified atom stereocenters. The summed E-state index contributed by atoms with van der Waals surface area (Å²) < 4.78 is 48.0. The van der Waals surface area contributed by atoms with E-state index >= 15 is 0 Å². The van der Waals surface area contributed by atoms with Gasteiger partial charge in [0.2, 0.25) is 0 Å². The van der Waals surface area contributed by atoms with E-state index in [0.717, 1.165) is 19.2 Å². The molecule has 0 N–H and O–H groups in total. The van der Waals surface area contributed by atoms with Gasteiger partial charge in [0.1, 0.15) is 16.9 Å². The third-order valence-electron chi connectivity index (χ3n) is 2.52. The second kappa shape index (κ2) is 4.04. The maximum absolute atomic E-state index is 12.8. The molecule has 0 fully saturated rings. The molecule has 18 heavy (non-hydrogen) atoms. The standard InChI is InChI=1S/C12H9F3O3/c1-6-5-8-9(12(13,14)15)4-3-7(10(8)18-6)11(16)17-2/h3-5H,1-2H3. The van der Waals surface area contributed by atoms with E-state index in [4.69, 9.17) is 4.42 Å². The van der Waals surface area contributed by atoms with Crippen molar-refractivity contribution in [2.24, 2.45) is 0 Å². The van der Waals surface area contributed by atoms with Crippen molar-refractivity contribution in [2.75, 3.05) is 7.11 Å². The number of hydrogen-bond acceptors (Lipinski definition) is 3. The van der Waals surface area contributed by atoms with Crippen molar-refractivity contribution in [1.82, 2.24) is 0 Å². The van der Waals surface area contributed by atoms with Gasteiger partial charge < -0.3 is 9.15 Å². The van der Waals surface area contributed by atoms with E-state index in [9.17, 15) is 18.0 Å². The first-order valence-electron chi connectivity index (χ1n) is 5.03. The van der Waals surface area contributed by atoms with Crippen LogP contribution in [-0.2, 0) is 10.9 Å². The highest BCUT2D eigenvalue weighted by atomic mass is 19.4. The number of benzene rings is 1. The molecule has 0 amide bonds. The van der Waals surface area contributed by atoms with Gasteiger partial charge in [-0.1, -0.05) is 0 Å². The number of alkyl halides is 3. The van der Waals surface area contributed by atoms with Crippen molar-refractivity contribution in [3.05, 3.63) is 35.1 Å². The summed E-state index contributed by atoms with van der Waals surface area (Å²) in [5.41, 5.74) is -0.954. The van der Waals surface area contributed by atoms with Crippen molar-refractivity contribution in [1.29, 1.82) is 0 Å². The lowest BCUT2D eigenvalue weighted by Gasteiger charge is -2.08. The summed E-state index contributed by atoms with van der Waals surface area (Å²) in [4.78, 5) is 11.4. The molecule has 0 saturated heterocycles. The summed E-state index contributed by atoms with van der Waals surface area (Å²) in [5.74, 6) is -0.435. The first-order valence-corrected chi connectivity index (χ1v) is 5.03. The predicted molar refractivity (Wildman–Crippen MR) is 57.3 cm³/mol. The van der Waals surface area contributed by atoms with Gasteiger partial charge in [-0.3, -0.25) is 0 Å². The summed E-state index contributed by atoms with van der Waals surface area (Å²) in [6.07, 6.45) is -4.50. The molecule has 0 aliphatic rings. The number of furan rings is 1. The van der Waals surface area contributed by atoms with Gasteiger partial charge in [-0.25, -0.2) is 4.79 Å². The zero-order chi connectivity index (χ0) is 13.5. The summed E-state index contributed by atoms with van der Waals surface area (Å²) in [7, 11) is 1.15. The van der Waals surface area contributed by atoms with E-state index in [0.29, 0.717) is 5.76 Å². The average Bonchev–Trinajstić information content (AvgIpc) is 2.66. The third-order valence-corrected chi connectivity index (χ3v) is 2.52. The molecular formula is C12H9F3O3. The molecule has 0 aliphatic carbocycles. The average molecular weight is 258 g/mol. The number of ether oxygens (including phenoxy) is 1. The Balaban J connectivity index is 2.78. The Kier molecular flexibility index (Phi) is 2.80. The van der Waals surface area contributed by atoms with Crippen molar-refractivity contribution in [3.8, 4) is 0 Å². The largest absolute Gasteiger partial charge is 0.465 e. The number of halogens is 3. The van der Waals surface area contributed by atoms with Gasteiger partial charge in [0, 0.05) is 5.39 Å². The quantitative estimate of drug-likeness (QED) is 0.734. The van der Waals surface area contributed by atoms with Crippen LogP contribution < -0.4 is 0 Å². The molecule has 0 aliphatic heterocycles. The summed E-state index contributed by atoms with van der Waals surface area (Å²) in [5, 5.41) is -0.136. The molecule has 2 rings (SSSR count). The first-order chi connectivity index (χ1) is 8.34. The van der Waals surface area contributed by atoms with Crippen LogP contribution in [-0.4, -0.2) is 13.1 Å². The SMILES string of the molecule is COC(=O)c1ccc(C(F)(F)F)c2cc(C)oc12. The minimum atomic E-state index is -4.50. The highest BCUT2D eigenvalue weighted by Crippen LogP contribution is 2.37. The van der Waals surface area contributed by atoms with Gasteiger partial charge >= 0.3 is 12.1 Å². The van der Waals surface area contributed by atoms with E-state index in [1.807, 2.05) is 0 Å². The maximum Gasteiger partial charge on any atom is 0.417 e. The lowest BCUT2D eigenvalue weighted by atomic mass is 10.1. The Bertz CT molecular complexity index is 611. The molecule has 1 heterocycles. The van der Waals surface area contributed by atoms with Crippen LogP contribution in [0.15, 0.2) is 22.6 Å². The van der Waals surface area contributed by atoms with E-state index in [1.165, 1.54) is 13.0 Å². The van der Waals surface area contributed by atoms with Crippen LogP contribution >= 0.6 is 0 Å². The van der Waals surface area contributed by atoms with Crippen LogP contribution in [0.25, 0.3) is 11.0 Å². The van der Waals surface area contributed by atoms with E-state index in [-0.39, 0.29) is 16.5 Å². The van der Waals surface area contributed by atoms with Gasteiger partial charge in [0.05, 0.1) is 12.7 Å². The Morgan fingerprint density at radius 2 is 2.00 bits per heavy atom. The fourth-order valence-electron chi connectivity index (χ4n) is 1.76. The topological polar surface area (TPSA) is 39.4 Å². The normalized spacial score (nSPS) is 11.8. The first kappa shape index (κ1) is 12.5. The summed E-state index contributed by atoms with van der Waals surface area (Å²) >= 11 is 0. The molecule has 6 heteroatoms. The number of rotatable bonds is 1. The van der Waals surface area contributed by atoms with Gasteiger partial charge in [-0.2, -0.15) is 13.2 Å². The van der Waals surface area contributed by atoms with Gasteiger partial charge in [-0.05, 0) is 25.1 Å². The summed E-state index contributed by atoms with van der Waals surface area (Å²) in [6.45, 7) is 1.52. The second-order valence-electron chi connectivity index (χ2n) is 3.75. The molecule has 2 aromatic rings. The van der Waals surface area contributed by atoms with Gasteiger partial charge in [0.25, 0.3) is 0 Å². The summed E-state index contributed by atoms with van der Waals surface area (Å²) in [6, 6.07) is 3.16. The van der Waals surface area contributed by atoms with Crippen molar-refractivity contribution < 1.29 is 27.1 Å². The molecule has 1 aromatic heterocycles. The molecule has 1 aromatic carbocycles. The van der Waals surface area contributed by atoms with Crippen LogP contribution in [0, 0.1) is 6.92 Å². The van der Waals surface area contributed by atoms with Crippen LogP contribution in [0.2, 0.25) is 0 Å². The van der Waals surface area contributed by atoms with Crippen molar-refractivity contribution in [2.45, 2.75) is 13.1 Å². The number of aryl methyl sites for hydroxylation is 1. The number of carbonyl (C=O) groups is 1. The van der Waals surface area contributed by atoms with Gasteiger partial charge in [-0.15, -0.1) is 0 Å². The van der Waals surface area contributed by atoms with Crippen LogP contribution in [0.4, 0.5) is 13.2 Å². The predicted octanol–water partition coefficient (Wildman–Crippen LogP) is 3.55. The zero-order valence-electron chi connectivity index (χ0n) is 9.59. The Hall–Kier alpha value is -1.98. The highest BCUT2D eigenvalue weighted by Gasteiger charge is 2.34. The Morgan fingerprint density at radius 1 is 1.33 bits per heavy atom. The number of hydrogen-bond donors (Lipinski definition) is 0. The van der Waals surface area contributed by atoms with E-state index in [2.05, 4.69) is 4.74 Å². The Morgan fingerprint density at radius 3 is 2.56 bits per heavy atom. The van der Waals surface area contributed by atoms with Crippen LogP contribution in [0.1, 0.15) is 21.7 Å². The van der Waals surface area contributed by atoms with Crippen molar-refractivity contribution in [3.63, 3.8) is 0 Å². The highest BCUT2D eigenvalue weighted by molar-refractivity contribution is 6.03. The fourth-order valence-corrected chi connectivity index (χ4v) is 1.76. The molecule has 96 valence electrons. The molecule has 3 nitrogen and oxygen atoms in total. The monoisotopic (exact) mass is 258 g/mol. The van der Waals surface area contributed by atoms with Crippen LogP contribution in [0.5, 0.6) is 0 Å². The lowest BCUT2D eigenvalue weighted by molar-refractivity contribution is -0.136. The number of carbonyl (C=O) groups excluding carboxylic acids is 1. The number of esters is 1. The molecule has 0 bridgehead atoms. The minimum absolute atomic E-state index is 0.0198. The molecule has 0 spiro atoms. The van der Waals surface area contributed by atoms with E-state index < -0.39 is 17.7 Å². The maximum atomic E-state index is 12.8. The molecule has 0 atom stereocenters. The molecular weight excluding hydrogens is 249 g/mol. The fraction of sp³-hybridized carbons (Fsp3) is 0.250. The smallest absolute Gasteiger partial charge is 0.417 e. The zero-order valence-corrected chi connectivity index (χ0v) is 9.59. The lowest BCUT2D eigenvalue weighted by Crippen LogP contribution is -2.08. The third kappa shape index (κ3) is 1.94. The number of methoxy groups -OCH3 is 1.